The van der Waals surface area contributed by atoms with E-state index in [0.29, 0.717) is 6.61 Å². The molecular weight excluding hydrogens is 222 g/mol. The lowest BCUT2D eigenvalue weighted by Crippen LogP contribution is -2.14. The first-order chi connectivity index (χ1) is 7.36. The van der Waals surface area contributed by atoms with E-state index in [4.69, 9.17) is 5.11 Å². The van der Waals surface area contributed by atoms with Gasteiger partial charge in [-0.25, -0.2) is 0 Å². The van der Waals surface area contributed by atoms with Crippen molar-refractivity contribution >= 4 is 12.4 Å². The van der Waals surface area contributed by atoms with Gasteiger partial charge in [-0.05, 0) is 36.9 Å². The summed E-state index contributed by atoms with van der Waals surface area (Å²) in [6, 6.07) is 8.73. The van der Waals surface area contributed by atoms with Crippen molar-refractivity contribution in [2.45, 2.75) is 32.7 Å². The van der Waals surface area contributed by atoms with Crippen LogP contribution in [0, 0.1) is 0 Å². The number of aliphatic hydroxyl groups excluding tert-OH is 1. The van der Waals surface area contributed by atoms with Crippen LogP contribution in [0.15, 0.2) is 24.3 Å². The molecule has 0 aliphatic carbocycles. The monoisotopic (exact) mass is 243 g/mol. The fourth-order valence-electron chi connectivity index (χ4n) is 1.49. The molecule has 0 aliphatic rings. The summed E-state index contributed by atoms with van der Waals surface area (Å²) in [5, 5.41) is 12.0. The molecule has 0 saturated heterocycles. The molecule has 0 aliphatic heterocycles. The molecule has 1 aromatic rings. The third kappa shape index (κ3) is 6.11. The van der Waals surface area contributed by atoms with E-state index < -0.39 is 0 Å². The number of hydrogen-bond acceptors (Lipinski definition) is 2. The Hall–Kier alpha value is -0.570. The number of nitrogens with one attached hydrogen (secondary N) is 1. The van der Waals surface area contributed by atoms with E-state index in [1.165, 1.54) is 11.1 Å². The van der Waals surface area contributed by atoms with E-state index in [0.717, 1.165) is 32.4 Å². The van der Waals surface area contributed by atoms with Crippen molar-refractivity contribution in [3.8, 4) is 0 Å². The van der Waals surface area contributed by atoms with Crippen molar-refractivity contribution in [1.82, 2.24) is 5.32 Å². The molecule has 0 radical (unpaired) electrons. The zero-order chi connectivity index (χ0) is 10.9. The summed E-state index contributed by atoms with van der Waals surface area (Å²) in [4.78, 5) is 0. The smallest absolute Gasteiger partial charge is 0.0431 e. The maximum Gasteiger partial charge on any atom is 0.0431 e. The van der Waals surface area contributed by atoms with Crippen molar-refractivity contribution in [1.29, 1.82) is 0 Å². The molecular formula is C13H22ClNO. The molecule has 3 heteroatoms. The summed E-state index contributed by atoms with van der Waals surface area (Å²) in [7, 11) is 0. The molecule has 2 N–H and O–H groups in total. The summed E-state index contributed by atoms with van der Waals surface area (Å²) in [5.74, 6) is 0. The summed E-state index contributed by atoms with van der Waals surface area (Å²) < 4.78 is 0. The van der Waals surface area contributed by atoms with Gasteiger partial charge in [0.1, 0.15) is 0 Å². The van der Waals surface area contributed by atoms with Gasteiger partial charge in [-0.3, -0.25) is 0 Å². The molecule has 2 nitrogen and oxygen atoms in total. The quantitative estimate of drug-likeness (QED) is 0.722. The van der Waals surface area contributed by atoms with Crippen LogP contribution < -0.4 is 5.32 Å². The topological polar surface area (TPSA) is 32.3 Å². The van der Waals surface area contributed by atoms with Gasteiger partial charge in [-0.15, -0.1) is 12.4 Å². The SMILES string of the molecule is CCc1ccc(CNCCCCO)cc1.Cl. The number of hydrogen-bond donors (Lipinski definition) is 2. The largest absolute Gasteiger partial charge is 0.396 e. The Morgan fingerprint density at radius 1 is 1.06 bits per heavy atom. The Morgan fingerprint density at radius 3 is 2.25 bits per heavy atom. The molecule has 0 spiro atoms. The number of rotatable bonds is 7. The highest BCUT2D eigenvalue weighted by Gasteiger charge is 1.93. The number of aryl methyl sites for hydroxylation is 1. The Labute approximate surface area is 104 Å². The van der Waals surface area contributed by atoms with Crippen LogP contribution in [0.5, 0.6) is 0 Å². The number of halogens is 1. The first-order valence-electron chi connectivity index (χ1n) is 5.76. The first-order valence-corrected chi connectivity index (χ1v) is 5.76. The van der Waals surface area contributed by atoms with Gasteiger partial charge in [0.15, 0.2) is 0 Å². The second-order valence-electron chi connectivity index (χ2n) is 3.78. The minimum atomic E-state index is 0. The third-order valence-corrected chi connectivity index (χ3v) is 2.52. The highest BCUT2D eigenvalue weighted by molar-refractivity contribution is 5.85. The average Bonchev–Trinajstić information content (AvgIpc) is 2.30. The van der Waals surface area contributed by atoms with Gasteiger partial charge in [0.2, 0.25) is 0 Å². The van der Waals surface area contributed by atoms with Gasteiger partial charge in [0.25, 0.3) is 0 Å². The minimum Gasteiger partial charge on any atom is -0.396 e. The molecule has 0 saturated carbocycles. The molecule has 0 atom stereocenters. The summed E-state index contributed by atoms with van der Waals surface area (Å²) in [5.41, 5.74) is 2.72. The second kappa shape index (κ2) is 9.64. The molecule has 92 valence electrons. The van der Waals surface area contributed by atoms with Crippen LogP contribution in [0.2, 0.25) is 0 Å². The van der Waals surface area contributed by atoms with Crippen LogP contribution in [-0.4, -0.2) is 18.3 Å². The van der Waals surface area contributed by atoms with Crippen LogP contribution in [0.4, 0.5) is 0 Å². The van der Waals surface area contributed by atoms with Crippen molar-refractivity contribution < 1.29 is 5.11 Å². The van der Waals surface area contributed by atoms with E-state index >= 15 is 0 Å². The fourth-order valence-corrected chi connectivity index (χ4v) is 1.49. The van der Waals surface area contributed by atoms with Crippen molar-refractivity contribution in [2.75, 3.05) is 13.2 Å². The zero-order valence-corrected chi connectivity index (χ0v) is 10.7. The second-order valence-corrected chi connectivity index (χ2v) is 3.78. The normalized spacial score (nSPS) is 9.88. The lowest BCUT2D eigenvalue weighted by Gasteiger charge is -2.05. The lowest BCUT2D eigenvalue weighted by atomic mass is 10.1. The predicted molar refractivity (Wildman–Crippen MR) is 71.1 cm³/mol. The standard InChI is InChI=1S/C13H21NO.ClH/c1-2-12-5-7-13(8-6-12)11-14-9-3-4-10-15;/h5-8,14-15H,2-4,9-11H2,1H3;1H. The minimum absolute atomic E-state index is 0. The number of unbranched alkanes of at least 4 members (excludes halogenated alkanes) is 1. The van der Waals surface area contributed by atoms with Crippen LogP contribution >= 0.6 is 12.4 Å². The highest BCUT2D eigenvalue weighted by Crippen LogP contribution is 2.04. The van der Waals surface area contributed by atoms with Crippen molar-refractivity contribution in [3.63, 3.8) is 0 Å². The number of aliphatic hydroxyl groups is 1. The zero-order valence-electron chi connectivity index (χ0n) is 9.91. The van der Waals surface area contributed by atoms with Gasteiger partial charge >= 0.3 is 0 Å². The maximum absolute atomic E-state index is 8.61. The molecule has 0 amide bonds. The van der Waals surface area contributed by atoms with Gasteiger partial charge in [-0.2, -0.15) is 0 Å². The average molecular weight is 244 g/mol. The Bertz CT molecular complexity index is 261. The van der Waals surface area contributed by atoms with E-state index in [9.17, 15) is 0 Å². The molecule has 16 heavy (non-hydrogen) atoms. The number of benzene rings is 1. The molecule has 1 rings (SSSR count). The van der Waals surface area contributed by atoms with Gasteiger partial charge in [0.05, 0.1) is 0 Å². The van der Waals surface area contributed by atoms with Crippen molar-refractivity contribution in [2.24, 2.45) is 0 Å². The molecule has 1 aromatic carbocycles. The third-order valence-electron chi connectivity index (χ3n) is 2.52. The maximum atomic E-state index is 8.61. The van der Waals surface area contributed by atoms with Crippen molar-refractivity contribution in [3.05, 3.63) is 35.4 Å². The van der Waals surface area contributed by atoms with Crippen LogP contribution in [0.1, 0.15) is 30.9 Å². The van der Waals surface area contributed by atoms with Crippen LogP contribution in [0.3, 0.4) is 0 Å². The van der Waals surface area contributed by atoms with Crippen LogP contribution in [0.25, 0.3) is 0 Å². The summed E-state index contributed by atoms with van der Waals surface area (Å²) in [6.45, 7) is 4.38. The predicted octanol–water partition coefficient (Wildman–Crippen LogP) is 2.53. The van der Waals surface area contributed by atoms with Gasteiger partial charge < -0.3 is 10.4 Å². The Balaban J connectivity index is 0.00000225. The summed E-state index contributed by atoms with van der Waals surface area (Å²) >= 11 is 0. The fraction of sp³-hybridized carbons (Fsp3) is 0.538. The Morgan fingerprint density at radius 2 is 1.69 bits per heavy atom. The molecule has 0 unspecified atom stereocenters. The molecule has 0 heterocycles. The van der Waals surface area contributed by atoms with Gasteiger partial charge in [-0.1, -0.05) is 31.2 Å². The van der Waals surface area contributed by atoms with E-state index in [-0.39, 0.29) is 12.4 Å². The van der Waals surface area contributed by atoms with Crippen LogP contribution in [-0.2, 0) is 13.0 Å². The Kier molecular flexibility index (Phi) is 9.30. The van der Waals surface area contributed by atoms with Gasteiger partial charge in [0, 0.05) is 13.2 Å². The van der Waals surface area contributed by atoms with E-state index in [1.54, 1.807) is 0 Å². The highest BCUT2D eigenvalue weighted by atomic mass is 35.5. The van der Waals surface area contributed by atoms with E-state index in [1.807, 2.05) is 0 Å². The lowest BCUT2D eigenvalue weighted by molar-refractivity contribution is 0.283. The first kappa shape index (κ1) is 15.4. The summed E-state index contributed by atoms with van der Waals surface area (Å²) in [6.07, 6.45) is 3.04. The molecule has 0 fully saturated rings. The molecule has 0 aromatic heterocycles. The van der Waals surface area contributed by atoms with E-state index in [2.05, 4.69) is 36.5 Å². The molecule has 0 bridgehead atoms.